The molecule has 0 saturated carbocycles. The highest BCUT2D eigenvalue weighted by Crippen LogP contribution is 2.37. The molecule has 1 unspecified atom stereocenters. The van der Waals surface area contributed by atoms with Crippen molar-refractivity contribution in [2.75, 3.05) is 31.1 Å². The third-order valence-electron chi connectivity index (χ3n) is 5.33. The molecule has 0 bridgehead atoms. The molecular weight excluding hydrogens is 456 g/mol. The maximum atomic E-state index is 13.4. The molecule has 1 heterocycles. The number of benzene rings is 3. The molecule has 0 aromatic heterocycles. The molecule has 3 aromatic rings. The van der Waals surface area contributed by atoms with E-state index in [-0.39, 0.29) is 24.6 Å². The molecule has 0 fully saturated rings. The summed E-state index contributed by atoms with van der Waals surface area (Å²) in [4.78, 5) is 12.9. The molecule has 9 heteroatoms. The number of para-hydroxylation sites is 2. The van der Waals surface area contributed by atoms with E-state index < -0.39 is 22.0 Å². The third kappa shape index (κ3) is 5.09. The number of carbonyl (C=O) groups is 1. The predicted molar refractivity (Wildman–Crippen MR) is 128 cm³/mol. The molecule has 0 radical (unpaired) electrons. The molecular formula is C25H26N2O6S. The van der Waals surface area contributed by atoms with Crippen molar-refractivity contribution in [2.24, 2.45) is 0 Å². The van der Waals surface area contributed by atoms with Crippen molar-refractivity contribution in [3.05, 3.63) is 78.4 Å². The van der Waals surface area contributed by atoms with Crippen LogP contribution < -0.4 is 23.8 Å². The van der Waals surface area contributed by atoms with Gasteiger partial charge in [-0.1, -0.05) is 24.3 Å². The number of sulfonamides is 1. The average Bonchev–Trinajstić information content (AvgIpc) is 2.86. The Kier molecular flexibility index (Phi) is 6.93. The molecule has 0 spiro atoms. The van der Waals surface area contributed by atoms with Crippen LogP contribution in [0.3, 0.4) is 0 Å². The van der Waals surface area contributed by atoms with E-state index in [1.807, 2.05) is 31.2 Å². The summed E-state index contributed by atoms with van der Waals surface area (Å²) >= 11 is 0. The van der Waals surface area contributed by atoms with Gasteiger partial charge in [-0.2, -0.15) is 0 Å². The number of rotatable bonds is 8. The first-order valence-corrected chi connectivity index (χ1v) is 12.2. The molecule has 1 amide bonds. The largest absolute Gasteiger partial charge is 0.497 e. The molecule has 3 aromatic carbocycles. The third-order valence-corrected chi connectivity index (χ3v) is 7.13. The minimum absolute atomic E-state index is 0.0933. The molecule has 1 aliphatic heterocycles. The van der Waals surface area contributed by atoms with Crippen molar-refractivity contribution in [3.63, 3.8) is 0 Å². The van der Waals surface area contributed by atoms with Crippen LogP contribution in [0.15, 0.2) is 77.7 Å². The SMILES string of the molecule is COc1ccc(S(=O)(=O)N2CC(C(=O)NCCOc3cccc(C)c3)Oc3ccccc32)cc1. The zero-order valence-corrected chi connectivity index (χ0v) is 19.7. The number of ether oxygens (including phenoxy) is 3. The summed E-state index contributed by atoms with van der Waals surface area (Å²) in [6, 6.07) is 20.5. The molecule has 0 saturated heterocycles. The summed E-state index contributed by atoms with van der Waals surface area (Å²) in [6.07, 6.45) is -1.01. The van der Waals surface area contributed by atoms with Gasteiger partial charge in [0.25, 0.3) is 15.9 Å². The fourth-order valence-corrected chi connectivity index (χ4v) is 5.08. The number of nitrogens with zero attached hydrogens (tertiary/aromatic N) is 1. The van der Waals surface area contributed by atoms with Crippen molar-refractivity contribution < 1.29 is 27.4 Å². The lowest BCUT2D eigenvalue weighted by Crippen LogP contribution is -2.51. The summed E-state index contributed by atoms with van der Waals surface area (Å²) in [6.45, 7) is 2.33. The summed E-state index contributed by atoms with van der Waals surface area (Å²) in [5, 5.41) is 2.77. The van der Waals surface area contributed by atoms with Crippen molar-refractivity contribution in [1.29, 1.82) is 0 Å². The van der Waals surface area contributed by atoms with Crippen molar-refractivity contribution in [3.8, 4) is 17.2 Å². The van der Waals surface area contributed by atoms with Gasteiger partial charge in [-0.05, 0) is 61.0 Å². The van der Waals surface area contributed by atoms with E-state index >= 15 is 0 Å². The van der Waals surface area contributed by atoms with Gasteiger partial charge in [0.1, 0.15) is 23.9 Å². The minimum atomic E-state index is -3.94. The van der Waals surface area contributed by atoms with E-state index in [1.165, 1.54) is 23.5 Å². The van der Waals surface area contributed by atoms with Crippen LogP contribution in [0.5, 0.6) is 17.2 Å². The molecule has 178 valence electrons. The van der Waals surface area contributed by atoms with Crippen LogP contribution in [-0.2, 0) is 14.8 Å². The molecule has 1 N–H and O–H groups in total. The Balaban J connectivity index is 1.46. The van der Waals surface area contributed by atoms with Gasteiger partial charge in [0.2, 0.25) is 0 Å². The molecule has 4 rings (SSSR count). The van der Waals surface area contributed by atoms with Gasteiger partial charge in [0.15, 0.2) is 6.10 Å². The summed E-state index contributed by atoms with van der Waals surface area (Å²) < 4.78 is 44.7. The van der Waals surface area contributed by atoms with E-state index in [9.17, 15) is 13.2 Å². The first kappa shape index (κ1) is 23.4. The van der Waals surface area contributed by atoms with Crippen LogP contribution in [0.4, 0.5) is 5.69 Å². The highest BCUT2D eigenvalue weighted by molar-refractivity contribution is 7.92. The summed E-state index contributed by atoms with van der Waals surface area (Å²) in [5.74, 6) is 1.17. The molecule has 34 heavy (non-hydrogen) atoms. The lowest BCUT2D eigenvalue weighted by Gasteiger charge is -2.34. The number of hydrogen-bond donors (Lipinski definition) is 1. The number of methoxy groups -OCH3 is 1. The number of anilines is 1. The number of nitrogens with one attached hydrogen (secondary N) is 1. The van der Waals surface area contributed by atoms with E-state index in [0.717, 1.165) is 5.56 Å². The van der Waals surface area contributed by atoms with Crippen LogP contribution in [-0.4, -0.2) is 47.2 Å². The van der Waals surface area contributed by atoms with Crippen LogP contribution in [0.1, 0.15) is 5.56 Å². The maximum absolute atomic E-state index is 13.4. The van der Waals surface area contributed by atoms with Crippen LogP contribution in [0.2, 0.25) is 0 Å². The molecule has 8 nitrogen and oxygen atoms in total. The lowest BCUT2D eigenvalue weighted by molar-refractivity contribution is -0.127. The second-order valence-electron chi connectivity index (χ2n) is 7.74. The number of aryl methyl sites for hydroxylation is 1. The zero-order valence-electron chi connectivity index (χ0n) is 18.9. The van der Waals surface area contributed by atoms with Gasteiger partial charge in [-0.3, -0.25) is 9.10 Å². The van der Waals surface area contributed by atoms with E-state index in [0.29, 0.717) is 22.9 Å². The van der Waals surface area contributed by atoms with Crippen LogP contribution in [0, 0.1) is 6.92 Å². The Bertz CT molecular complexity index is 1260. The number of amides is 1. The second kappa shape index (κ2) is 10.0. The normalized spacial score (nSPS) is 15.1. The summed E-state index contributed by atoms with van der Waals surface area (Å²) in [7, 11) is -2.43. The van der Waals surface area contributed by atoms with E-state index in [2.05, 4.69) is 5.32 Å². The van der Waals surface area contributed by atoms with Gasteiger partial charge in [-0.25, -0.2) is 8.42 Å². The van der Waals surface area contributed by atoms with Gasteiger partial charge < -0.3 is 19.5 Å². The lowest BCUT2D eigenvalue weighted by atomic mass is 10.2. The zero-order chi connectivity index (χ0) is 24.1. The Morgan fingerprint density at radius 3 is 2.56 bits per heavy atom. The smallest absolute Gasteiger partial charge is 0.264 e. The van der Waals surface area contributed by atoms with Crippen LogP contribution in [0.25, 0.3) is 0 Å². The standard InChI is InChI=1S/C25H26N2O6S/c1-18-6-5-7-20(16-18)32-15-14-26-25(28)24-17-27(22-8-3-4-9-23(22)33-24)34(29,30)21-12-10-19(31-2)11-13-21/h3-13,16,24H,14-15,17H2,1-2H3,(H,26,28). The van der Waals surface area contributed by atoms with Crippen molar-refractivity contribution in [2.45, 2.75) is 17.9 Å². The Hall–Kier alpha value is -3.72. The van der Waals surface area contributed by atoms with E-state index in [1.54, 1.807) is 36.4 Å². The van der Waals surface area contributed by atoms with Gasteiger partial charge in [0.05, 0.1) is 30.8 Å². The maximum Gasteiger partial charge on any atom is 0.264 e. The second-order valence-corrected chi connectivity index (χ2v) is 9.60. The highest BCUT2D eigenvalue weighted by atomic mass is 32.2. The van der Waals surface area contributed by atoms with E-state index in [4.69, 9.17) is 14.2 Å². The van der Waals surface area contributed by atoms with Gasteiger partial charge >= 0.3 is 0 Å². The van der Waals surface area contributed by atoms with Crippen molar-refractivity contribution in [1.82, 2.24) is 5.32 Å². The number of carbonyl (C=O) groups excluding carboxylic acids is 1. The molecule has 1 atom stereocenters. The topological polar surface area (TPSA) is 94.2 Å². The van der Waals surface area contributed by atoms with Crippen LogP contribution >= 0.6 is 0 Å². The summed E-state index contributed by atoms with van der Waals surface area (Å²) in [5.41, 5.74) is 1.46. The highest BCUT2D eigenvalue weighted by Gasteiger charge is 2.37. The monoisotopic (exact) mass is 482 g/mol. The first-order chi connectivity index (χ1) is 16.4. The fourth-order valence-electron chi connectivity index (χ4n) is 3.60. The van der Waals surface area contributed by atoms with Gasteiger partial charge in [0, 0.05) is 0 Å². The predicted octanol–water partition coefficient (Wildman–Crippen LogP) is 3.16. The molecule has 1 aliphatic rings. The van der Waals surface area contributed by atoms with Crippen molar-refractivity contribution >= 4 is 21.6 Å². The molecule has 0 aliphatic carbocycles. The Labute approximate surface area is 199 Å². The fraction of sp³-hybridized carbons (Fsp3) is 0.240. The van der Waals surface area contributed by atoms with Gasteiger partial charge in [-0.15, -0.1) is 0 Å². The quantitative estimate of drug-likeness (QED) is 0.496. The first-order valence-electron chi connectivity index (χ1n) is 10.8. The Morgan fingerprint density at radius 2 is 1.82 bits per heavy atom. The Morgan fingerprint density at radius 1 is 1.06 bits per heavy atom. The average molecular weight is 483 g/mol. The number of fused-ring (bicyclic) bond motifs is 1. The minimum Gasteiger partial charge on any atom is -0.497 e. The number of hydrogen-bond acceptors (Lipinski definition) is 6.